The monoisotopic (exact) mass is 227 g/mol. The van der Waals surface area contributed by atoms with Crippen LogP contribution in [-0.4, -0.2) is 24.2 Å². The highest BCUT2D eigenvalue weighted by Gasteiger charge is 2.16. The molecule has 0 amide bonds. The molecule has 0 fully saturated rings. The first-order valence-corrected chi connectivity index (χ1v) is 6.80. The molecule has 0 aromatic carbocycles. The fraction of sp³-hybridized carbons (Fsp3) is 0.857. The van der Waals surface area contributed by atoms with Gasteiger partial charge in [0, 0.05) is 13.1 Å². The second kappa shape index (κ2) is 11.0. The van der Waals surface area contributed by atoms with Crippen molar-refractivity contribution in [2.75, 3.05) is 13.1 Å². The van der Waals surface area contributed by atoms with Gasteiger partial charge in [-0.1, -0.05) is 40.2 Å². The Hall–Kier alpha value is -0.500. The average molecular weight is 227 g/mol. The Kier molecular flexibility index (Phi) is 10.7. The van der Waals surface area contributed by atoms with Gasteiger partial charge in [-0.2, -0.15) is 0 Å². The standard InChI is InChI=1S/C14H29NO/c1-5-9-10-11-14(16-8-4)15(12-6-2)13-7-3/h8,14H,4-7,9-13H2,1-3H3. The number of hydrogen-bond donors (Lipinski definition) is 0. The van der Waals surface area contributed by atoms with Crippen molar-refractivity contribution in [3.8, 4) is 0 Å². The Morgan fingerprint density at radius 2 is 1.69 bits per heavy atom. The van der Waals surface area contributed by atoms with Crippen LogP contribution in [0.2, 0.25) is 0 Å². The van der Waals surface area contributed by atoms with E-state index in [4.69, 9.17) is 4.74 Å². The first kappa shape index (κ1) is 15.5. The molecule has 2 nitrogen and oxygen atoms in total. The van der Waals surface area contributed by atoms with Gasteiger partial charge in [0.25, 0.3) is 0 Å². The fourth-order valence-corrected chi connectivity index (χ4v) is 1.99. The highest BCUT2D eigenvalue weighted by atomic mass is 16.5. The minimum Gasteiger partial charge on any atom is -0.483 e. The molecule has 0 aliphatic rings. The third kappa shape index (κ3) is 6.89. The van der Waals surface area contributed by atoms with Crippen molar-refractivity contribution in [2.45, 2.75) is 65.5 Å². The van der Waals surface area contributed by atoms with Gasteiger partial charge in [0.05, 0.1) is 6.26 Å². The smallest absolute Gasteiger partial charge is 0.151 e. The van der Waals surface area contributed by atoms with Crippen LogP contribution < -0.4 is 0 Å². The number of ether oxygens (including phenoxy) is 1. The van der Waals surface area contributed by atoms with Crippen LogP contribution in [0.4, 0.5) is 0 Å². The minimum absolute atomic E-state index is 0.240. The number of unbranched alkanes of at least 4 members (excludes halogenated alkanes) is 2. The van der Waals surface area contributed by atoms with Crippen LogP contribution in [0.25, 0.3) is 0 Å². The Labute approximate surface area is 102 Å². The molecular weight excluding hydrogens is 198 g/mol. The van der Waals surface area contributed by atoms with E-state index in [2.05, 4.69) is 32.3 Å². The summed E-state index contributed by atoms with van der Waals surface area (Å²) >= 11 is 0. The van der Waals surface area contributed by atoms with E-state index in [1.807, 2.05) is 0 Å². The largest absolute Gasteiger partial charge is 0.483 e. The fourth-order valence-electron chi connectivity index (χ4n) is 1.99. The van der Waals surface area contributed by atoms with E-state index in [-0.39, 0.29) is 6.23 Å². The molecule has 0 aliphatic heterocycles. The minimum atomic E-state index is 0.240. The van der Waals surface area contributed by atoms with Crippen LogP contribution in [0, 0.1) is 0 Å². The van der Waals surface area contributed by atoms with E-state index >= 15 is 0 Å². The summed E-state index contributed by atoms with van der Waals surface area (Å²) in [6.07, 6.45) is 9.14. The normalized spacial score (nSPS) is 12.8. The molecule has 0 saturated heterocycles. The maximum Gasteiger partial charge on any atom is 0.151 e. The molecule has 16 heavy (non-hydrogen) atoms. The zero-order chi connectivity index (χ0) is 12.2. The lowest BCUT2D eigenvalue weighted by molar-refractivity contribution is -0.0156. The summed E-state index contributed by atoms with van der Waals surface area (Å²) in [6, 6.07) is 0. The van der Waals surface area contributed by atoms with Gasteiger partial charge in [-0.15, -0.1) is 0 Å². The maximum absolute atomic E-state index is 5.65. The second-order valence-corrected chi connectivity index (χ2v) is 4.29. The third-order valence-electron chi connectivity index (χ3n) is 2.74. The van der Waals surface area contributed by atoms with Crippen LogP contribution in [0.5, 0.6) is 0 Å². The molecule has 0 aromatic rings. The summed E-state index contributed by atoms with van der Waals surface area (Å²) in [7, 11) is 0. The molecule has 0 rings (SSSR count). The van der Waals surface area contributed by atoms with E-state index in [1.165, 1.54) is 32.1 Å². The Bertz CT molecular complexity index is 153. The molecule has 0 spiro atoms. The molecule has 1 atom stereocenters. The van der Waals surface area contributed by atoms with Gasteiger partial charge < -0.3 is 4.74 Å². The lowest BCUT2D eigenvalue weighted by Crippen LogP contribution is -2.37. The highest BCUT2D eigenvalue weighted by Crippen LogP contribution is 2.13. The highest BCUT2D eigenvalue weighted by molar-refractivity contribution is 4.66. The molecular formula is C14H29NO. The van der Waals surface area contributed by atoms with Crippen LogP contribution in [0.3, 0.4) is 0 Å². The first-order chi connectivity index (χ1) is 7.79. The molecule has 0 heterocycles. The zero-order valence-corrected chi connectivity index (χ0v) is 11.4. The first-order valence-electron chi connectivity index (χ1n) is 6.80. The molecule has 2 heteroatoms. The summed E-state index contributed by atoms with van der Waals surface area (Å²) in [6.45, 7) is 12.6. The summed E-state index contributed by atoms with van der Waals surface area (Å²) in [5, 5.41) is 0. The molecule has 0 saturated carbocycles. The Morgan fingerprint density at radius 3 is 2.12 bits per heavy atom. The lowest BCUT2D eigenvalue weighted by Gasteiger charge is -2.30. The van der Waals surface area contributed by atoms with E-state index in [0.29, 0.717) is 0 Å². The topological polar surface area (TPSA) is 12.5 Å². The molecule has 0 radical (unpaired) electrons. The summed E-state index contributed by atoms with van der Waals surface area (Å²) in [5.41, 5.74) is 0. The van der Waals surface area contributed by atoms with Gasteiger partial charge in [0.1, 0.15) is 0 Å². The lowest BCUT2D eigenvalue weighted by atomic mass is 10.1. The van der Waals surface area contributed by atoms with Crippen LogP contribution >= 0.6 is 0 Å². The molecule has 0 bridgehead atoms. The van der Waals surface area contributed by atoms with Crippen molar-refractivity contribution >= 4 is 0 Å². The van der Waals surface area contributed by atoms with Crippen molar-refractivity contribution < 1.29 is 4.74 Å². The van der Waals surface area contributed by atoms with Crippen molar-refractivity contribution in [1.82, 2.24) is 4.90 Å². The molecule has 96 valence electrons. The van der Waals surface area contributed by atoms with Crippen LogP contribution in [-0.2, 0) is 4.74 Å². The Morgan fingerprint density at radius 1 is 1.06 bits per heavy atom. The quantitative estimate of drug-likeness (QED) is 0.298. The van der Waals surface area contributed by atoms with E-state index in [1.54, 1.807) is 6.26 Å². The Balaban J connectivity index is 4.13. The predicted octanol–water partition coefficient (Wildman–Crippen LogP) is 4.17. The number of rotatable bonds is 11. The zero-order valence-electron chi connectivity index (χ0n) is 11.4. The molecule has 1 unspecified atom stereocenters. The second-order valence-electron chi connectivity index (χ2n) is 4.29. The summed E-state index contributed by atoms with van der Waals surface area (Å²) in [4.78, 5) is 2.44. The van der Waals surface area contributed by atoms with Crippen molar-refractivity contribution in [2.24, 2.45) is 0 Å². The molecule has 0 N–H and O–H groups in total. The average Bonchev–Trinajstić information content (AvgIpc) is 2.28. The van der Waals surface area contributed by atoms with Crippen LogP contribution in [0.15, 0.2) is 12.8 Å². The van der Waals surface area contributed by atoms with Crippen LogP contribution in [0.1, 0.15) is 59.3 Å². The predicted molar refractivity (Wildman–Crippen MR) is 71.4 cm³/mol. The van der Waals surface area contributed by atoms with Crippen molar-refractivity contribution in [3.63, 3.8) is 0 Å². The molecule has 0 aromatic heterocycles. The molecule has 0 aliphatic carbocycles. The third-order valence-corrected chi connectivity index (χ3v) is 2.74. The van der Waals surface area contributed by atoms with Gasteiger partial charge in [0.2, 0.25) is 0 Å². The van der Waals surface area contributed by atoms with E-state index in [9.17, 15) is 0 Å². The maximum atomic E-state index is 5.65. The number of nitrogens with zero attached hydrogens (tertiary/aromatic N) is 1. The van der Waals surface area contributed by atoms with Gasteiger partial charge in [-0.25, -0.2) is 0 Å². The van der Waals surface area contributed by atoms with Gasteiger partial charge in [-0.05, 0) is 25.7 Å². The van der Waals surface area contributed by atoms with Crippen molar-refractivity contribution in [3.05, 3.63) is 12.8 Å². The van der Waals surface area contributed by atoms with E-state index < -0.39 is 0 Å². The summed E-state index contributed by atoms with van der Waals surface area (Å²) < 4.78 is 5.65. The van der Waals surface area contributed by atoms with E-state index in [0.717, 1.165) is 19.5 Å². The summed E-state index contributed by atoms with van der Waals surface area (Å²) in [5.74, 6) is 0. The van der Waals surface area contributed by atoms with Gasteiger partial charge in [-0.3, -0.25) is 4.90 Å². The van der Waals surface area contributed by atoms with Gasteiger partial charge >= 0.3 is 0 Å². The van der Waals surface area contributed by atoms with Gasteiger partial charge in [0.15, 0.2) is 6.23 Å². The number of hydrogen-bond acceptors (Lipinski definition) is 2. The SMILES string of the molecule is C=COC(CCCCC)N(CCC)CCC. The van der Waals surface area contributed by atoms with Crippen molar-refractivity contribution in [1.29, 1.82) is 0 Å².